The molecule has 1 saturated carbocycles. The minimum Gasteiger partial charge on any atom is -0.357 e. The minimum atomic E-state index is 0. The number of hydrogen-bond acceptors (Lipinski definition) is 3. The van der Waals surface area contributed by atoms with E-state index in [1.165, 1.54) is 31.2 Å². The van der Waals surface area contributed by atoms with Crippen molar-refractivity contribution in [1.82, 2.24) is 15.5 Å². The Hall–Kier alpha value is -0.340. The SMILES string of the molecule is CCNC(=NCc1ccsc1)NCCN(C)C1CCCC1.I. The van der Waals surface area contributed by atoms with E-state index in [0.717, 1.165) is 38.2 Å². The Morgan fingerprint density at radius 1 is 1.36 bits per heavy atom. The second-order valence-corrected chi connectivity index (χ2v) is 6.45. The standard InChI is InChI=1S/C16H28N4S.HI/c1-3-17-16(19-12-14-8-11-21-13-14)18-9-10-20(2)15-6-4-5-7-15;/h8,11,13,15H,3-7,9-10,12H2,1-2H3,(H2,17,18,19);1H. The number of nitrogens with zero attached hydrogens (tertiary/aromatic N) is 2. The number of likely N-dealkylation sites (N-methyl/N-ethyl adjacent to an activating group) is 1. The summed E-state index contributed by atoms with van der Waals surface area (Å²) in [5, 5.41) is 11.0. The number of guanidine groups is 1. The van der Waals surface area contributed by atoms with E-state index in [-0.39, 0.29) is 24.0 Å². The van der Waals surface area contributed by atoms with Gasteiger partial charge in [-0.15, -0.1) is 24.0 Å². The van der Waals surface area contributed by atoms with Gasteiger partial charge in [0.05, 0.1) is 6.54 Å². The maximum Gasteiger partial charge on any atom is 0.191 e. The Morgan fingerprint density at radius 3 is 2.77 bits per heavy atom. The summed E-state index contributed by atoms with van der Waals surface area (Å²) in [5.74, 6) is 0.920. The number of hydrogen-bond donors (Lipinski definition) is 2. The van der Waals surface area contributed by atoms with Crippen LogP contribution in [0.4, 0.5) is 0 Å². The minimum absolute atomic E-state index is 0. The fourth-order valence-electron chi connectivity index (χ4n) is 2.77. The average molecular weight is 436 g/mol. The summed E-state index contributed by atoms with van der Waals surface area (Å²) in [5.41, 5.74) is 1.28. The van der Waals surface area contributed by atoms with Crippen molar-refractivity contribution < 1.29 is 0 Å². The summed E-state index contributed by atoms with van der Waals surface area (Å²) in [6.07, 6.45) is 5.52. The van der Waals surface area contributed by atoms with E-state index in [2.05, 4.69) is 51.3 Å². The summed E-state index contributed by atoms with van der Waals surface area (Å²) in [4.78, 5) is 7.12. The first-order valence-corrected chi connectivity index (χ1v) is 8.97. The zero-order chi connectivity index (χ0) is 14.9. The highest BCUT2D eigenvalue weighted by molar-refractivity contribution is 14.0. The molecule has 0 aliphatic heterocycles. The molecule has 0 amide bonds. The summed E-state index contributed by atoms with van der Waals surface area (Å²) in [6.45, 7) is 5.77. The zero-order valence-corrected chi connectivity index (χ0v) is 16.8. The first kappa shape index (κ1) is 19.7. The largest absolute Gasteiger partial charge is 0.357 e. The molecule has 0 spiro atoms. The van der Waals surface area contributed by atoms with Gasteiger partial charge in [0.2, 0.25) is 0 Å². The summed E-state index contributed by atoms with van der Waals surface area (Å²) >= 11 is 1.72. The van der Waals surface area contributed by atoms with Gasteiger partial charge in [-0.1, -0.05) is 12.8 Å². The predicted octanol–water partition coefficient (Wildman–Crippen LogP) is 3.30. The molecule has 0 bridgehead atoms. The van der Waals surface area contributed by atoms with Gasteiger partial charge in [-0.25, -0.2) is 4.99 Å². The molecule has 6 heteroatoms. The van der Waals surface area contributed by atoms with Crippen LogP contribution in [0.3, 0.4) is 0 Å². The van der Waals surface area contributed by atoms with E-state index in [9.17, 15) is 0 Å². The molecule has 1 aromatic rings. The van der Waals surface area contributed by atoms with E-state index in [0.29, 0.717) is 0 Å². The number of nitrogens with one attached hydrogen (secondary N) is 2. The molecule has 1 aliphatic carbocycles. The van der Waals surface area contributed by atoms with Crippen LogP contribution in [0.1, 0.15) is 38.2 Å². The second-order valence-electron chi connectivity index (χ2n) is 5.67. The Morgan fingerprint density at radius 2 is 2.14 bits per heavy atom. The molecule has 1 aromatic heterocycles. The maximum atomic E-state index is 4.63. The Bertz CT molecular complexity index is 416. The fourth-order valence-corrected chi connectivity index (χ4v) is 3.43. The molecular formula is C16H29IN4S. The van der Waals surface area contributed by atoms with Crippen LogP contribution in [-0.2, 0) is 6.54 Å². The van der Waals surface area contributed by atoms with Crippen molar-refractivity contribution in [3.63, 3.8) is 0 Å². The van der Waals surface area contributed by atoms with Crippen LogP contribution in [-0.4, -0.2) is 43.6 Å². The maximum absolute atomic E-state index is 4.63. The third-order valence-electron chi connectivity index (χ3n) is 4.05. The van der Waals surface area contributed by atoms with Crippen molar-refractivity contribution >= 4 is 41.3 Å². The lowest BCUT2D eigenvalue weighted by Crippen LogP contribution is -2.42. The molecule has 0 aromatic carbocycles. The van der Waals surface area contributed by atoms with Gasteiger partial charge in [-0.3, -0.25) is 0 Å². The van der Waals surface area contributed by atoms with Gasteiger partial charge >= 0.3 is 0 Å². The topological polar surface area (TPSA) is 39.7 Å². The lowest BCUT2D eigenvalue weighted by molar-refractivity contribution is 0.249. The molecule has 0 atom stereocenters. The average Bonchev–Trinajstić information content (AvgIpc) is 3.17. The Kier molecular flexibility index (Phi) is 10.1. The van der Waals surface area contributed by atoms with Gasteiger partial charge in [0.25, 0.3) is 0 Å². The van der Waals surface area contributed by atoms with E-state index in [1.807, 2.05) is 0 Å². The highest BCUT2D eigenvalue weighted by atomic mass is 127. The van der Waals surface area contributed by atoms with Crippen molar-refractivity contribution in [2.45, 2.75) is 45.2 Å². The van der Waals surface area contributed by atoms with Crippen molar-refractivity contribution in [3.05, 3.63) is 22.4 Å². The van der Waals surface area contributed by atoms with Crippen LogP contribution >= 0.6 is 35.3 Å². The van der Waals surface area contributed by atoms with Crippen LogP contribution in [0, 0.1) is 0 Å². The van der Waals surface area contributed by atoms with Crippen molar-refractivity contribution in [1.29, 1.82) is 0 Å². The smallest absolute Gasteiger partial charge is 0.191 e. The monoisotopic (exact) mass is 436 g/mol. The van der Waals surface area contributed by atoms with Crippen LogP contribution in [0.2, 0.25) is 0 Å². The van der Waals surface area contributed by atoms with Crippen LogP contribution < -0.4 is 10.6 Å². The third kappa shape index (κ3) is 6.83. The van der Waals surface area contributed by atoms with Gasteiger partial charge in [0.1, 0.15) is 0 Å². The first-order valence-electron chi connectivity index (χ1n) is 8.03. The lowest BCUT2D eigenvalue weighted by Gasteiger charge is -2.24. The Balaban J connectivity index is 0.00000242. The molecule has 126 valence electrons. The predicted molar refractivity (Wildman–Crippen MR) is 107 cm³/mol. The van der Waals surface area contributed by atoms with E-state index < -0.39 is 0 Å². The van der Waals surface area contributed by atoms with Gasteiger partial charge in [-0.2, -0.15) is 11.3 Å². The summed E-state index contributed by atoms with van der Waals surface area (Å²) < 4.78 is 0. The summed E-state index contributed by atoms with van der Waals surface area (Å²) in [6, 6.07) is 2.92. The molecule has 4 nitrogen and oxygen atoms in total. The van der Waals surface area contributed by atoms with E-state index >= 15 is 0 Å². The molecule has 1 fully saturated rings. The van der Waals surface area contributed by atoms with Crippen LogP contribution in [0.5, 0.6) is 0 Å². The summed E-state index contributed by atoms with van der Waals surface area (Å²) in [7, 11) is 2.24. The zero-order valence-electron chi connectivity index (χ0n) is 13.7. The van der Waals surface area contributed by atoms with Gasteiger partial charge < -0.3 is 15.5 Å². The van der Waals surface area contributed by atoms with Crippen LogP contribution in [0.25, 0.3) is 0 Å². The van der Waals surface area contributed by atoms with Gasteiger partial charge in [-0.05, 0) is 49.2 Å². The molecule has 2 rings (SSSR count). The number of halogens is 1. The van der Waals surface area contributed by atoms with Crippen molar-refractivity contribution in [2.24, 2.45) is 4.99 Å². The molecule has 0 unspecified atom stereocenters. The normalized spacial score (nSPS) is 15.9. The third-order valence-corrected chi connectivity index (χ3v) is 4.78. The first-order chi connectivity index (χ1) is 10.3. The van der Waals surface area contributed by atoms with Gasteiger partial charge in [0.15, 0.2) is 5.96 Å². The fraction of sp³-hybridized carbons (Fsp3) is 0.688. The van der Waals surface area contributed by atoms with E-state index in [4.69, 9.17) is 0 Å². The molecule has 0 saturated heterocycles. The molecule has 2 N–H and O–H groups in total. The van der Waals surface area contributed by atoms with E-state index in [1.54, 1.807) is 11.3 Å². The molecule has 1 aliphatic rings. The second kappa shape index (κ2) is 11.2. The quantitative estimate of drug-likeness (QED) is 0.392. The number of thiophene rings is 1. The van der Waals surface area contributed by atoms with Crippen molar-refractivity contribution in [3.8, 4) is 0 Å². The highest BCUT2D eigenvalue weighted by Gasteiger charge is 2.18. The van der Waals surface area contributed by atoms with Crippen LogP contribution in [0.15, 0.2) is 21.8 Å². The Labute approximate surface area is 155 Å². The number of rotatable bonds is 7. The highest BCUT2D eigenvalue weighted by Crippen LogP contribution is 2.21. The van der Waals surface area contributed by atoms with Crippen molar-refractivity contribution in [2.75, 3.05) is 26.7 Å². The number of aliphatic imine (C=N–C) groups is 1. The molecular weight excluding hydrogens is 407 g/mol. The molecule has 1 heterocycles. The molecule has 22 heavy (non-hydrogen) atoms. The molecule has 0 radical (unpaired) electrons. The lowest BCUT2D eigenvalue weighted by atomic mass is 10.2. The van der Waals surface area contributed by atoms with Gasteiger partial charge in [0, 0.05) is 25.7 Å².